The Balaban J connectivity index is 1.81. The van der Waals surface area contributed by atoms with Crippen molar-refractivity contribution in [1.29, 1.82) is 0 Å². The van der Waals surface area contributed by atoms with E-state index in [1.54, 1.807) is 24.4 Å². The number of imidazole rings is 1. The number of aromatic nitrogens is 4. The Morgan fingerprint density at radius 1 is 1.22 bits per heavy atom. The second-order valence-electron chi connectivity index (χ2n) is 9.55. The van der Waals surface area contributed by atoms with Crippen molar-refractivity contribution in [2.45, 2.75) is 52.0 Å². The van der Waals surface area contributed by atoms with Crippen molar-refractivity contribution < 1.29 is 13.7 Å². The molecule has 1 saturated heterocycles. The zero-order valence-corrected chi connectivity index (χ0v) is 20.7. The van der Waals surface area contributed by atoms with Gasteiger partial charge in [0.25, 0.3) is 5.91 Å². The van der Waals surface area contributed by atoms with Gasteiger partial charge in [0.15, 0.2) is 0 Å². The minimum absolute atomic E-state index is 0.121. The molecule has 1 aliphatic heterocycles. The molecule has 1 amide bonds. The summed E-state index contributed by atoms with van der Waals surface area (Å²) < 4.78 is 19.0. The molecule has 3 rings (SSSR count). The highest BCUT2D eigenvalue weighted by Gasteiger charge is 2.25. The smallest absolute Gasteiger partial charge is 0.273 e. The summed E-state index contributed by atoms with van der Waals surface area (Å²) in [5.74, 6) is 1.95. The van der Waals surface area contributed by atoms with Crippen molar-refractivity contribution in [2.75, 3.05) is 38.8 Å². The molecule has 1 aliphatic rings. The third kappa shape index (κ3) is 6.45. The van der Waals surface area contributed by atoms with Crippen LogP contribution in [0.2, 0.25) is 0 Å². The summed E-state index contributed by atoms with van der Waals surface area (Å²) in [4.78, 5) is 28.2. The molecule has 1 fully saturated rings. The number of nitrogens with zero attached hydrogens (tertiary/aromatic N) is 5. The fourth-order valence-electron chi connectivity index (χ4n) is 3.88. The number of hydrogen-bond acceptors (Lipinski definition) is 6. The summed E-state index contributed by atoms with van der Waals surface area (Å²) in [7, 11) is 0.869. The van der Waals surface area contributed by atoms with E-state index in [0.717, 1.165) is 44.1 Å². The van der Waals surface area contributed by atoms with Crippen LogP contribution in [0, 0.1) is 5.92 Å². The van der Waals surface area contributed by atoms with Crippen LogP contribution < -0.4 is 0 Å². The summed E-state index contributed by atoms with van der Waals surface area (Å²) >= 11 is 0. The van der Waals surface area contributed by atoms with E-state index in [-0.39, 0.29) is 11.3 Å². The molecule has 0 spiro atoms. The standard InChI is InChI=1S/C23H35N5O3S/c1-23(2,3)22-26-20(16-28(22)15-17-7-10-31-11-8-17)18-13-24-14-19(25-18)21(29)27(4)9-6-12-32(5)30/h13-14,16-17H,6-12,15H2,1-5H3. The van der Waals surface area contributed by atoms with E-state index in [0.29, 0.717) is 36.0 Å². The van der Waals surface area contributed by atoms with Gasteiger partial charge in [0.2, 0.25) is 0 Å². The molecule has 176 valence electrons. The van der Waals surface area contributed by atoms with Crippen molar-refractivity contribution in [3.8, 4) is 11.4 Å². The van der Waals surface area contributed by atoms with E-state index >= 15 is 0 Å². The van der Waals surface area contributed by atoms with Crippen molar-refractivity contribution in [3.05, 3.63) is 30.1 Å². The second-order valence-corrected chi connectivity index (χ2v) is 11.1. The van der Waals surface area contributed by atoms with Crippen LogP contribution in [0.3, 0.4) is 0 Å². The van der Waals surface area contributed by atoms with Crippen LogP contribution in [-0.2, 0) is 27.5 Å². The molecular weight excluding hydrogens is 426 g/mol. The van der Waals surface area contributed by atoms with Crippen molar-refractivity contribution in [1.82, 2.24) is 24.4 Å². The molecule has 0 N–H and O–H groups in total. The van der Waals surface area contributed by atoms with E-state index in [1.807, 2.05) is 6.20 Å². The number of carbonyl (C=O) groups is 1. The Morgan fingerprint density at radius 2 is 1.94 bits per heavy atom. The number of amides is 1. The van der Waals surface area contributed by atoms with Crippen LogP contribution in [-0.4, -0.2) is 73.3 Å². The van der Waals surface area contributed by atoms with Gasteiger partial charge in [-0.15, -0.1) is 0 Å². The maximum absolute atomic E-state index is 12.8. The lowest BCUT2D eigenvalue weighted by molar-refractivity contribution is 0.0607. The largest absolute Gasteiger partial charge is 0.381 e. The van der Waals surface area contributed by atoms with E-state index in [1.165, 1.54) is 6.20 Å². The van der Waals surface area contributed by atoms with Gasteiger partial charge < -0.3 is 14.2 Å². The first-order valence-electron chi connectivity index (χ1n) is 11.2. The summed E-state index contributed by atoms with van der Waals surface area (Å²) in [6, 6.07) is 0. The van der Waals surface area contributed by atoms with E-state index in [4.69, 9.17) is 9.72 Å². The topological polar surface area (TPSA) is 90.2 Å². The molecule has 0 saturated carbocycles. The average molecular weight is 462 g/mol. The number of hydrogen-bond donors (Lipinski definition) is 0. The van der Waals surface area contributed by atoms with Crippen LogP contribution in [0.5, 0.6) is 0 Å². The predicted octanol–water partition coefficient (Wildman–Crippen LogP) is 2.90. The molecule has 0 radical (unpaired) electrons. The van der Waals surface area contributed by atoms with E-state index in [2.05, 4.69) is 35.3 Å². The fourth-order valence-corrected chi connectivity index (χ4v) is 4.41. The van der Waals surface area contributed by atoms with Gasteiger partial charge in [-0.1, -0.05) is 20.8 Å². The van der Waals surface area contributed by atoms with Gasteiger partial charge >= 0.3 is 0 Å². The molecule has 32 heavy (non-hydrogen) atoms. The normalized spacial score (nSPS) is 16.2. The molecular formula is C23H35N5O3S. The summed E-state index contributed by atoms with van der Waals surface area (Å²) in [5, 5.41) is 0. The van der Waals surface area contributed by atoms with Crippen molar-refractivity contribution in [2.24, 2.45) is 5.92 Å². The lowest BCUT2D eigenvalue weighted by Gasteiger charge is -2.25. The van der Waals surface area contributed by atoms with Gasteiger partial charge in [0.05, 0.1) is 12.4 Å². The Kier molecular flexibility index (Phi) is 8.16. The van der Waals surface area contributed by atoms with Gasteiger partial charge in [0, 0.05) is 67.8 Å². The average Bonchev–Trinajstić information content (AvgIpc) is 3.18. The molecule has 9 heteroatoms. The highest BCUT2D eigenvalue weighted by Crippen LogP contribution is 2.28. The number of ether oxygens (including phenoxy) is 1. The van der Waals surface area contributed by atoms with E-state index in [9.17, 15) is 9.00 Å². The highest BCUT2D eigenvalue weighted by atomic mass is 32.2. The van der Waals surface area contributed by atoms with Gasteiger partial charge in [-0.25, -0.2) is 9.97 Å². The maximum atomic E-state index is 12.8. The first kappa shape index (κ1) is 24.5. The molecule has 1 atom stereocenters. The Labute approximate surface area is 193 Å². The molecule has 0 aliphatic carbocycles. The predicted molar refractivity (Wildman–Crippen MR) is 126 cm³/mol. The zero-order valence-electron chi connectivity index (χ0n) is 19.8. The third-order valence-corrected chi connectivity index (χ3v) is 6.49. The summed E-state index contributed by atoms with van der Waals surface area (Å²) in [6.45, 7) is 9.52. The monoisotopic (exact) mass is 461 g/mol. The second kappa shape index (κ2) is 10.7. The van der Waals surface area contributed by atoms with Gasteiger partial charge in [-0.3, -0.25) is 14.0 Å². The van der Waals surface area contributed by atoms with Crippen LogP contribution in [0.1, 0.15) is 56.3 Å². The fraction of sp³-hybridized carbons (Fsp3) is 0.652. The lowest BCUT2D eigenvalue weighted by Crippen LogP contribution is -2.29. The first-order chi connectivity index (χ1) is 15.1. The van der Waals surface area contributed by atoms with Crippen molar-refractivity contribution in [3.63, 3.8) is 0 Å². The van der Waals surface area contributed by atoms with Crippen LogP contribution in [0.15, 0.2) is 18.6 Å². The Morgan fingerprint density at radius 3 is 2.59 bits per heavy atom. The van der Waals surface area contributed by atoms with Crippen LogP contribution >= 0.6 is 0 Å². The molecule has 2 aromatic rings. The highest BCUT2D eigenvalue weighted by molar-refractivity contribution is 7.84. The first-order valence-corrected chi connectivity index (χ1v) is 12.9. The summed E-state index contributed by atoms with van der Waals surface area (Å²) in [6.07, 6.45) is 9.65. The van der Waals surface area contributed by atoms with Crippen molar-refractivity contribution >= 4 is 16.7 Å². The minimum atomic E-state index is -0.862. The van der Waals surface area contributed by atoms with Gasteiger partial charge in [-0.05, 0) is 25.2 Å². The molecule has 8 nitrogen and oxygen atoms in total. The maximum Gasteiger partial charge on any atom is 0.273 e. The molecule has 2 aromatic heterocycles. The van der Waals surface area contributed by atoms with Gasteiger partial charge in [0.1, 0.15) is 22.9 Å². The van der Waals surface area contributed by atoms with E-state index < -0.39 is 10.8 Å². The quantitative estimate of drug-likeness (QED) is 0.600. The lowest BCUT2D eigenvalue weighted by atomic mass is 9.94. The third-order valence-electron chi connectivity index (χ3n) is 5.63. The molecule has 3 heterocycles. The zero-order chi connectivity index (χ0) is 23.3. The number of carbonyl (C=O) groups excluding carboxylic acids is 1. The summed E-state index contributed by atoms with van der Waals surface area (Å²) in [5.41, 5.74) is 1.49. The minimum Gasteiger partial charge on any atom is -0.381 e. The Hall–Kier alpha value is -2.13. The molecule has 0 aromatic carbocycles. The van der Waals surface area contributed by atoms with Gasteiger partial charge in [-0.2, -0.15) is 0 Å². The molecule has 0 bridgehead atoms. The van der Waals surface area contributed by atoms with Crippen LogP contribution in [0.4, 0.5) is 0 Å². The SMILES string of the molecule is CN(CCCS(C)=O)C(=O)c1cncc(-c2cn(CC3CCOCC3)c(C(C)(C)C)n2)n1. The Bertz CT molecular complexity index is 947. The van der Waals surface area contributed by atoms with Crippen LogP contribution in [0.25, 0.3) is 11.4 Å². The number of rotatable bonds is 8. The molecule has 1 unspecified atom stereocenters.